The molecule has 1 amide bonds. The zero-order valence-corrected chi connectivity index (χ0v) is 11.7. The van der Waals surface area contributed by atoms with Crippen LogP contribution in [0, 0.1) is 0 Å². The van der Waals surface area contributed by atoms with Crippen molar-refractivity contribution in [3.8, 4) is 0 Å². The van der Waals surface area contributed by atoms with Crippen LogP contribution in [0.5, 0.6) is 0 Å². The molecule has 2 aromatic rings. The Morgan fingerprint density at radius 2 is 2.10 bits per heavy atom. The predicted octanol–water partition coefficient (Wildman–Crippen LogP) is 1.64. The van der Waals surface area contributed by atoms with Crippen LogP contribution in [-0.2, 0) is 16.0 Å². The van der Waals surface area contributed by atoms with Gasteiger partial charge in [0.2, 0.25) is 5.91 Å². The van der Waals surface area contributed by atoms with Gasteiger partial charge in [0.05, 0.1) is 12.2 Å². The van der Waals surface area contributed by atoms with E-state index in [-0.39, 0.29) is 11.7 Å². The van der Waals surface area contributed by atoms with Crippen molar-refractivity contribution in [2.24, 2.45) is 0 Å². The van der Waals surface area contributed by atoms with Crippen LogP contribution in [0.4, 0.5) is 0 Å². The number of carboxylic acids is 1. The highest BCUT2D eigenvalue weighted by Gasteiger charge is 2.08. The van der Waals surface area contributed by atoms with Gasteiger partial charge >= 0.3 is 5.97 Å². The van der Waals surface area contributed by atoms with Gasteiger partial charge in [0.25, 0.3) is 0 Å². The minimum absolute atomic E-state index is 0.0503. The summed E-state index contributed by atoms with van der Waals surface area (Å²) in [6, 6.07) is 7.85. The summed E-state index contributed by atoms with van der Waals surface area (Å²) in [6.07, 6.45) is 2.18. The Hall–Kier alpha value is -1.95. The summed E-state index contributed by atoms with van der Waals surface area (Å²) in [7, 11) is 0. The normalized spacial score (nSPS) is 10.6. The lowest BCUT2D eigenvalue weighted by Crippen LogP contribution is -2.27. The summed E-state index contributed by atoms with van der Waals surface area (Å²) in [5, 5.41) is 12.3. The summed E-state index contributed by atoms with van der Waals surface area (Å²) in [5.41, 5.74) is 1.99. The fourth-order valence-corrected chi connectivity index (χ4v) is 2.50. The van der Waals surface area contributed by atoms with Crippen LogP contribution < -0.4 is 5.32 Å². The van der Waals surface area contributed by atoms with Crippen molar-refractivity contribution in [1.82, 2.24) is 10.3 Å². The fraction of sp³-hybridized carbons (Fsp3) is 0.286. The third-order valence-corrected chi connectivity index (χ3v) is 3.76. The molecule has 0 saturated carbocycles. The van der Waals surface area contributed by atoms with Crippen molar-refractivity contribution < 1.29 is 14.7 Å². The van der Waals surface area contributed by atoms with Crippen molar-refractivity contribution in [3.63, 3.8) is 0 Å². The van der Waals surface area contributed by atoms with E-state index < -0.39 is 5.97 Å². The van der Waals surface area contributed by atoms with Gasteiger partial charge in [-0.3, -0.25) is 9.59 Å². The molecule has 1 heterocycles. The Bertz CT molecular complexity index is 609. The summed E-state index contributed by atoms with van der Waals surface area (Å²) in [6.45, 7) is 0.485. The predicted molar refractivity (Wildman–Crippen MR) is 80.0 cm³/mol. The molecule has 106 valence electrons. The lowest BCUT2D eigenvalue weighted by atomic mass is 10.1. The minimum atomic E-state index is -0.833. The number of carboxylic acid groups (broad SMARTS) is 1. The van der Waals surface area contributed by atoms with Crippen LogP contribution in [0.25, 0.3) is 10.9 Å². The summed E-state index contributed by atoms with van der Waals surface area (Å²) in [5.74, 6) is -0.213. The molecule has 1 aromatic carbocycles. The zero-order chi connectivity index (χ0) is 14.4. The number of hydrogen-bond donors (Lipinski definition) is 3. The van der Waals surface area contributed by atoms with Crippen molar-refractivity contribution in [3.05, 3.63) is 36.0 Å². The number of benzene rings is 1. The first-order chi connectivity index (χ1) is 9.66. The second-order valence-corrected chi connectivity index (χ2v) is 5.44. The molecule has 2 rings (SSSR count). The largest absolute Gasteiger partial charge is 0.481 e. The van der Waals surface area contributed by atoms with Crippen LogP contribution in [0.1, 0.15) is 5.56 Å². The van der Waals surface area contributed by atoms with Crippen LogP contribution in [0.3, 0.4) is 0 Å². The summed E-state index contributed by atoms with van der Waals surface area (Å²) in [4.78, 5) is 25.3. The number of rotatable bonds is 7. The van der Waals surface area contributed by atoms with Crippen LogP contribution in [0.15, 0.2) is 30.5 Å². The molecule has 3 N–H and O–H groups in total. The van der Waals surface area contributed by atoms with Crippen molar-refractivity contribution in [1.29, 1.82) is 0 Å². The van der Waals surface area contributed by atoms with Gasteiger partial charge in [-0.2, -0.15) is 0 Å². The number of fused-ring (bicyclic) bond motifs is 1. The number of H-pyrrole nitrogens is 1. The van der Waals surface area contributed by atoms with Crippen LogP contribution in [0.2, 0.25) is 0 Å². The zero-order valence-electron chi connectivity index (χ0n) is 10.9. The molecule has 0 aliphatic carbocycles. The number of aromatic nitrogens is 1. The van der Waals surface area contributed by atoms with Gasteiger partial charge < -0.3 is 15.4 Å². The molecule has 6 heteroatoms. The van der Waals surface area contributed by atoms with Gasteiger partial charge in [-0.25, -0.2) is 0 Å². The van der Waals surface area contributed by atoms with Gasteiger partial charge in [0.15, 0.2) is 0 Å². The summed E-state index contributed by atoms with van der Waals surface area (Å²) < 4.78 is 0. The molecule has 0 bridgehead atoms. The van der Waals surface area contributed by atoms with E-state index in [1.165, 1.54) is 11.8 Å². The average Bonchev–Trinajstić information content (AvgIpc) is 2.81. The third-order valence-electron chi connectivity index (χ3n) is 2.82. The van der Waals surface area contributed by atoms with Gasteiger partial charge in [0.1, 0.15) is 0 Å². The molecule has 0 radical (unpaired) electrons. The van der Waals surface area contributed by atoms with Gasteiger partial charge in [-0.15, -0.1) is 11.8 Å². The second kappa shape index (κ2) is 7.00. The molecule has 0 aliphatic rings. The maximum atomic E-state index is 11.8. The standard InChI is InChI=1S/C14H16N2O3S/c17-13(15-5-6-20-9-14(18)19)7-10-8-16-12-4-2-1-3-11(10)12/h1-4,8,16H,5-7,9H2,(H,15,17)(H,18,19). The van der Waals surface area contributed by atoms with Crippen molar-refractivity contribution in [2.45, 2.75) is 6.42 Å². The van der Waals surface area contributed by atoms with E-state index in [0.717, 1.165) is 16.5 Å². The first-order valence-electron chi connectivity index (χ1n) is 6.28. The lowest BCUT2D eigenvalue weighted by Gasteiger charge is -2.04. The number of nitrogens with one attached hydrogen (secondary N) is 2. The topological polar surface area (TPSA) is 82.2 Å². The quantitative estimate of drug-likeness (QED) is 0.678. The Morgan fingerprint density at radius 3 is 2.90 bits per heavy atom. The first-order valence-corrected chi connectivity index (χ1v) is 7.43. The van der Waals surface area contributed by atoms with Gasteiger partial charge in [-0.1, -0.05) is 18.2 Å². The number of thioether (sulfide) groups is 1. The maximum Gasteiger partial charge on any atom is 0.313 e. The Kier molecular flexibility index (Phi) is 5.06. The van der Waals surface area contributed by atoms with E-state index in [0.29, 0.717) is 18.7 Å². The second-order valence-electron chi connectivity index (χ2n) is 4.33. The number of carbonyl (C=O) groups excluding carboxylic acids is 1. The van der Waals surface area contributed by atoms with E-state index >= 15 is 0 Å². The highest BCUT2D eigenvalue weighted by atomic mass is 32.2. The number of hydrogen-bond acceptors (Lipinski definition) is 3. The number of aromatic amines is 1. The fourth-order valence-electron chi connectivity index (χ4n) is 1.94. The Balaban J connectivity index is 1.78. The summed E-state index contributed by atoms with van der Waals surface area (Å²) >= 11 is 1.29. The number of aliphatic carboxylic acids is 1. The van der Waals surface area contributed by atoms with Crippen LogP contribution in [-0.4, -0.2) is 40.0 Å². The Morgan fingerprint density at radius 1 is 1.30 bits per heavy atom. The average molecular weight is 292 g/mol. The molecule has 0 unspecified atom stereocenters. The molecule has 0 fully saturated rings. The molecule has 0 atom stereocenters. The van der Waals surface area contributed by atoms with Crippen LogP contribution >= 0.6 is 11.8 Å². The minimum Gasteiger partial charge on any atom is -0.481 e. The van der Waals surface area contributed by atoms with E-state index in [4.69, 9.17) is 5.11 Å². The highest BCUT2D eigenvalue weighted by Crippen LogP contribution is 2.17. The molecule has 1 aromatic heterocycles. The molecule has 0 aliphatic heterocycles. The van der Waals surface area contributed by atoms with Crippen molar-refractivity contribution >= 4 is 34.5 Å². The van der Waals surface area contributed by atoms with Gasteiger partial charge in [0, 0.05) is 29.4 Å². The SMILES string of the molecule is O=C(O)CSCCNC(=O)Cc1c[nH]c2ccccc12. The monoisotopic (exact) mass is 292 g/mol. The molecule has 20 heavy (non-hydrogen) atoms. The molecule has 5 nitrogen and oxygen atoms in total. The smallest absolute Gasteiger partial charge is 0.313 e. The number of amides is 1. The van der Waals surface area contributed by atoms with E-state index in [1.54, 1.807) is 0 Å². The molecule has 0 saturated heterocycles. The Labute approximate surface area is 120 Å². The first kappa shape index (κ1) is 14.5. The van der Waals surface area contributed by atoms with E-state index in [9.17, 15) is 9.59 Å². The number of carbonyl (C=O) groups is 2. The maximum absolute atomic E-state index is 11.8. The van der Waals surface area contributed by atoms with E-state index in [1.807, 2.05) is 30.5 Å². The van der Waals surface area contributed by atoms with E-state index in [2.05, 4.69) is 10.3 Å². The molecular formula is C14H16N2O3S. The van der Waals surface area contributed by atoms with Gasteiger partial charge in [-0.05, 0) is 11.6 Å². The highest BCUT2D eigenvalue weighted by molar-refractivity contribution is 7.99. The molecular weight excluding hydrogens is 276 g/mol. The van der Waals surface area contributed by atoms with Crippen molar-refractivity contribution in [2.75, 3.05) is 18.1 Å². The third kappa shape index (κ3) is 4.03. The number of para-hydroxylation sites is 1. The molecule has 0 spiro atoms. The lowest BCUT2D eigenvalue weighted by molar-refractivity contribution is -0.133.